The molecular formula is C25H22ClF3N6O3. The van der Waals surface area contributed by atoms with Gasteiger partial charge in [0.15, 0.2) is 0 Å². The molecule has 4 aromatic rings. The molecule has 0 aliphatic carbocycles. The predicted molar refractivity (Wildman–Crippen MR) is 138 cm³/mol. The number of nitrogens with zero attached hydrogens (tertiary/aromatic N) is 3. The van der Waals surface area contributed by atoms with Gasteiger partial charge in [0.25, 0.3) is 0 Å². The van der Waals surface area contributed by atoms with Crippen LogP contribution in [0.5, 0.6) is 0 Å². The Morgan fingerprint density at radius 2 is 1.74 bits per heavy atom. The molecule has 0 bridgehead atoms. The first-order valence-corrected chi connectivity index (χ1v) is 11.3. The Kier molecular flexibility index (Phi) is 9.28. The summed E-state index contributed by atoms with van der Waals surface area (Å²) < 4.78 is 33.4. The molecule has 13 heteroatoms. The molecular weight excluding hydrogens is 525 g/mol. The van der Waals surface area contributed by atoms with E-state index in [1.807, 2.05) is 37.4 Å². The zero-order valence-corrected chi connectivity index (χ0v) is 20.6. The van der Waals surface area contributed by atoms with Gasteiger partial charge in [-0.15, -0.1) is 0 Å². The molecule has 4 rings (SSSR count). The molecule has 0 aliphatic rings. The highest BCUT2D eigenvalue weighted by Crippen LogP contribution is 2.21. The second-order valence-electron chi connectivity index (χ2n) is 7.81. The third-order valence-electron chi connectivity index (χ3n) is 4.75. The predicted octanol–water partition coefficient (Wildman–Crippen LogP) is 6.12. The minimum absolute atomic E-state index is 0.391. The van der Waals surface area contributed by atoms with Crippen molar-refractivity contribution in [3.8, 4) is 5.69 Å². The Morgan fingerprint density at radius 1 is 1.00 bits per heavy atom. The maximum absolute atomic E-state index is 12.2. The van der Waals surface area contributed by atoms with Crippen LogP contribution in [0.4, 0.5) is 35.0 Å². The summed E-state index contributed by atoms with van der Waals surface area (Å²) in [6.45, 7) is 2.67. The van der Waals surface area contributed by atoms with Crippen molar-refractivity contribution in [3.63, 3.8) is 0 Å². The van der Waals surface area contributed by atoms with Gasteiger partial charge in [0, 0.05) is 18.9 Å². The normalized spacial score (nSPS) is 10.7. The van der Waals surface area contributed by atoms with Gasteiger partial charge in [0.05, 0.1) is 40.2 Å². The quantitative estimate of drug-likeness (QED) is 0.231. The number of para-hydroxylation sites is 1. The number of carboxylic acid groups (broad SMARTS) is 1. The first kappa shape index (κ1) is 28.0. The maximum atomic E-state index is 12.2. The number of amides is 2. The van der Waals surface area contributed by atoms with Gasteiger partial charge in [0.1, 0.15) is 0 Å². The molecule has 2 amide bonds. The largest absolute Gasteiger partial charge is 0.490 e. The van der Waals surface area contributed by atoms with E-state index in [9.17, 15) is 18.0 Å². The first-order valence-electron chi connectivity index (χ1n) is 10.9. The van der Waals surface area contributed by atoms with Crippen molar-refractivity contribution in [3.05, 3.63) is 95.5 Å². The lowest BCUT2D eigenvalue weighted by atomic mass is 10.2. The van der Waals surface area contributed by atoms with Crippen molar-refractivity contribution in [2.75, 3.05) is 16.0 Å². The fourth-order valence-electron chi connectivity index (χ4n) is 3.04. The van der Waals surface area contributed by atoms with Gasteiger partial charge in [-0.1, -0.05) is 35.9 Å². The van der Waals surface area contributed by atoms with E-state index in [-0.39, 0.29) is 0 Å². The number of nitrogens with one attached hydrogen (secondary N) is 3. The Labute approximate surface area is 220 Å². The molecule has 38 heavy (non-hydrogen) atoms. The third-order valence-corrected chi connectivity index (χ3v) is 5.08. The standard InChI is InChI=1S/C23H21ClN6O.C2HF3O2/c1-16-9-18(13-25-11-16)26-12-17-5-4-6-20(10-17)30-15-19(14-27-30)28-23(31)29-22-8-3-2-7-21(22)24;3-2(4,5)1(6)7/h2-11,13-15,26H,12H2,1H3,(H2,28,29,31);(H,6,7). The lowest BCUT2D eigenvalue weighted by Gasteiger charge is -2.09. The van der Waals surface area contributed by atoms with Gasteiger partial charge in [-0.05, 0) is 48.4 Å². The number of halogens is 4. The van der Waals surface area contributed by atoms with Crippen LogP contribution in [-0.4, -0.2) is 38.0 Å². The number of carboxylic acids is 1. The number of rotatable bonds is 6. The van der Waals surface area contributed by atoms with Crippen LogP contribution < -0.4 is 16.0 Å². The van der Waals surface area contributed by atoms with Crippen molar-refractivity contribution >= 4 is 40.7 Å². The highest BCUT2D eigenvalue weighted by Gasteiger charge is 2.38. The van der Waals surface area contributed by atoms with Crippen molar-refractivity contribution in [1.29, 1.82) is 0 Å². The molecule has 0 atom stereocenters. The smallest absolute Gasteiger partial charge is 0.475 e. The van der Waals surface area contributed by atoms with Crippen LogP contribution in [0.15, 0.2) is 79.4 Å². The number of anilines is 3. The number of aryl methyl sites for hydroxylation is 1. The van der Waals surface area contributed by atoms with E-state index in [2.05, 4.69) is 32.1 Å². The molecule has 0 unspecified atom stereocenters. The molecule has 0 radical (unpaired) electrons. The van der Waals surface area contributed by atoms with E-state index in [1.54, 1.807) is 47.5 Å². The molecule has 2 aromatic carbocycles. The van der Waals surface area contributed by atoms with E-state index in [0.717, 1.165) is 22.5 Å². The number of hydrogen-bond acceptors (Lipinski definition) is 5. The van der Waals surface area contributed by atoms with Crippen LogP contribution in [-0.2, 0) is 11.3 Å². The van der Waals surface area contributed by atoms with Gasteiger partial charge in [-0.25, -0.2) is 14.3 Å². The topological polar surface area (TPSA) is 121 Å². The second-order valence-corrected chi connectivity index (χ2v) is 8.22. The molecule has 2 aromatic heterocycles. The highest BCUT2D eigenvalue weighted by molar-refractivity contribution is 6.33. The van der Waals surface area contributed by atoms with Crippen LogP contribution in [0, 0.1) is 6.92 Å². The van der Waals surface area contributed by atoms with Crippen LogP contribution in [0.25, 0.3) is 5.69 Å². The number of aromatic nitrogens is 3. The van der Waals surface area contributed by atoms with Crippen LogP contribution in [0.1, 0.15) is 11.1 Å². The van der Waals surface area contributed by atoms with E-state index >= 15 is 0 Å². The molecule has 2 heterocycles. The molecule has 0 saturated carbocycles. The fourth-order valence-corrected chi connectivity index (χ4v) is 3.22. The minimum Gasteiger partial charge on any atom is -0.475 e. The van der Waals surface area contributed by atoms with Crippen LogP contribution in [0.3, 0.4) is 0 Å². The Balaban J connectivity index is 0.000000505. The SMILES string of the molecule is Cc1cncc(NCc2cccc(-n3cc(NC(=O)Nc4ccccc4Cl)cn3)c2)c1.O=C(O)C(F)(F)F. The molecule has 0 saturated heterocycles. The molecule has 0 fully saturated rings. The lowest BCUT2D eigenvalue weighted by Crippen LogP contribution is -2.21. The van der Waals surface area contributed by atoms with Gasteiger partial charge in [0.2, 0.25) is 0 Å². The molecule has 0 aliphatic heterocycles. The number of carbonyl (C=O) groups is 2. The number of hydrogen-bond donors (Lipinski definition) is 4. The number of benzene rings is 2. The summed E-state index contributed by atoms with van der Waals surface area (Å²) in [5.74, 6) is -2.76. The average molecular weight is 547 g/mol. The summed E-state index contributed by atoms with van der Waals surface area (Å²) in [5.41, 5.74) is 5.17. The Bertz CT molecular complexity index is 1410. The summed E-state index contributed by atoms with van der Waals surface area (Å²) in [6.07, 6.45) is 1.89. The lowest BCUT2D eigenvalue weighted by molar-refractivity contribution is -0.192. The molecule has 9 nitrogen and oxygen atoms in total. The zero-order chi connectivity index (χ0) is 27.7. The van der Waals surface area contributed by atoms with Gasteiger partial charge in [-0.3, -0.25) is 4.98 Å². The van der Waals surface area contributed by atoms with E-state index in [1.165, 1.54) is 0 Å². The minimum atomic E-state index is -5.08. The number of carbonyl (C=O) groups excluding carboxylic acids is 1. The zero-order valence-electron chi connectivity index (χ0n) is 19.8. The number of pyridine rings is 1. The van der Waals surface area contributed by atoms with Gasteiger partial charge in [-0.2, -0.15) is 18.3 Å². The summed E-state index contributed by atoms with van der Waals surface area (Å²) in [5, 5.41) is 20.8. The van der Waals surface area contributed by atoms with Crippen molar-refractivity contribution < 1.29 is 27.9 Å². The number of urea groups is 1. The number of aliphatic carboxylic acids is 1. The van der Waals surface area contributed by atoms with Crippen molar-refractivity contribution in [2.45, 2.75) is 19.6 Å². The Hall–Kier alpha value is -4.58. The van der Waals surface area contributed by atoms with Crippen molar-refractivity contribution in [1.82, 2.24) is 14.8 Å². The van der Waals surface area contributed by atoms with Gasteiger partial charge >= 0.3 is 18.2 Å². The maximum Gasteiger partial charge on any atom is 0.490 e. The van der Waals surface area contributed by atoms with Gasteiger partial charge < -0.3 is 21.1 Å². The Morgan fingerprint density at radius 3 is 2.42 bits per heavy atom. The van der Waals surface area contributed by atoms with Crippen molar-refractivity contribution in [2.24, 2.45) is 0 Å². The van der Waals surface area contributed by atoms with E-state index in [0.29, 0.717) is 22.9 Å². The second kappa shape index (κ2) is 12.6. The molecule has 4 N–H and O–H groups in total. The molecule has 198 valence electrons. The van der Waals surface area contributed by atoms with E-state index in [4.69, 9.17) is 21.5 Å². The third kappa shape index (κ3) is 8.52. The summed E-state index contributed by atoms with van der Waals surface area (Å²) in [7, 11) is 0. The fraction of sp³-hybridized carbons (Fsp3) is 0.120. The highest BCUT2D eigenvalue weighted by atomic mass is 35.5. The molecule has 0 spiro atoms. The average Bonchev–Trinajstić information content (AvgIpc) is 3.33. The van der Waals surface area contributed by atoms with Crippen LogP contribution in [0.2, 0.25) is 5.02 Å². The summed E-state index contributed by atoms with van der Waals surface area (Å²) >= 11 is 6.08. The first-order chi connectivity index (χ1) is 18.0. The summed E-state index contributed by atoms with van der Waals surface area (Å²) in [4.78, 5) is 25.3. The number of alkyl halides is 3. The van der Waals surface area contributed by atoms with E-state index < -0.39 is 18.2 Å². The van der Waals surface area contributed by atoms with Crippen LogP contribution >= 0.6 is 11.6 Å². The summed E-state index contributed by atoms with van der Waals surface area (Å²) in [6, 6.07) is 16.7. The monoisotopic (exact) mass is 546 g/mol.